The van der Waals surface area contributed by atoms with Gasteiger partial charge in [-0.1, -0.05) is 53.7 Å². The number of ether oxygens (including phenoxy) is 1. The number of hydrogen-bond donors (Lipinski definition) is 1. The van der Waals surface area contributed by atoms with Crippen molar-refractivity contribution in [3.05, 3.63) is 59.8 Å². The molecule has 26 heavy (non-hydrogen) atoms. The van der Waals surface area contributed by atoms with Gasteiger partial charge in [-0.25, -0.2) is 0 Å². The number of aromatic nitrogens is 1. The number of rotatable bonds is 5. The standard InChI is InChI=1S/C21H22N2O3/c1-4-25-21(24)13(2)15-9-11-16(12-10-15)17-7-5-6-8-18(17)20-19(22)14(3)23-26-20/h5-13H,4,22H2,1-3H3. The molecule has 0 spiro atoms. The molecule has 2 aromatic carbocycles. The van der Waals surface area contributed by atoms with Gasteiger partial charge in [-0.15, -0.1) is 0 Å². The molecule has 1 heterocycles. The predicted octanol–water partition coefficient (Wildman–Crippen LogP) is 4.57. The first-order chi connectivity index (χ1) is 12.5. The fourth-order valence-corrected chi connectivity index (χ4v) is 2.86. The third-order valence-corrected chi connectivity index (χ3v) is 4.44. The van der Waals surface area contributed by atoms with E-state index in [1.165, 1.54) is 0 Å². The maximum absolute atomic E-state index is 11.9. The molecule has 5 heteroatoms. The first-order valence-corrected chi connectivity index (χ1v) is 8.61. The van der Waals surface area contributed by atoms with Crippen LogP contribution in [0.1, 0.15) is 31.0 Å². The SMILES string of the molecule is CCOC(=O)C(C)c1ccc(-c2ccccc2-c2onc(C)c2N)cc1. The number of nitrogens with two attached hydrogens (primary N) is 1. The Hall–Kier alpha value is -3.08. The highest BCUT2D eigenvalue weighted by molar-refractivity contribution is 5.86. The van der Waals surface area contributed by atoms with Crippen LogP contribution in [0.25, 0.3) is 22.5 Å². The van der Waals surface area contributed by atoms with Crippen molar-refractivity contribution in [3.8, 4) is 22.5 Å². The average molecular weight is 350 g/mol. The van der Waals surface area contributed by atoms with Crippen LogP contribution in [-0.2, 0) is 9.53 Å². The molecular formula is C21H22N2O3. The van der Waals surface area contributed by atoms with Gasteiger partial charge in [0.25, 0.3) is 0 Å². The minimum Gasteiger partial charge on any atom is -0.466 e. The van der Waals surface area contributed by atoms with Gasteiger partial charge in [-0.2, -0.15) is 0 Å². The lowest BCUT2D eigenvalue weighted by atomic mass is 9.94. The molecule has 3 rings (SSSR count). The van der Waals surface area contributed by atoms with E-state index in [9.17, 15) is 4.79 Å². The number of nitrogen functional groups attached to an aromatic ring is 1. The van der Waals surface area contributed by atoms with Crippen molar-refractivity contribution in [3.63, 3.8) is 0 Å². The molecule has 0 aliphatic carbocycles. The van der Waals surface area contributed by atoms with Crippen molar-refractivity contribution < 1.29 is 14.1 Å². The lowest BCUT2D eigenvalue weighted by molar-refractivity contribution is -0.144. The molecule has 0 aliphatic rings. The summed E-state index contributed by atoms with van der Waals surface area (Å²) < 4.78 is 10.5. The molecule has 0 saturated heterocycles. The quantitative estimate of drug-likeness (QED) is 0.682. The molecule has 1 atom stereocenters. The van der Waals surface area contributed by atoms with Gasteiger partial charge >= 0.3 is 5.97 Å². The van der Waals surface area contributed by atoms with Gasteiger partial charge in [0.15, 0.2) is 5.76 Å². The van der Waals surface area contributed by atoms with E-state index in [4.69, 9.17) is 15.0 Å². The Morgan fingerprint density at radius 3 is 2.38 bits per heavy atom. The monoisotopic (exact) mass is 350 g/mol. The lowest BCUT2D eigenvalue weighted by Crippen LogP contribution is -2.12. The van der Waals surface area contributed by atoms with Crippen LogP contribution in [0.4, 0.5) is 5.69 Å². The summed E-state index contributed by atoms with van der Waals surface area (Å²) in [7, 11) is 0. The average Bonchev–Trinajstić information content (AvgIpc) is 3.00. The molecule has 134 valence electrons. The summed E-state index contributed by atoms with van der Waals surface area (Å²) in [4.78, 5) is 11.9. The van der Waals surface area contributed by atoms with E-state index >= 15 is 0 Å². The Labute approximate surface area is 152 Å². The van der Waals surface area contributed by atoms with E-state index in [-0.39, 0.29) is 11.9 Å². The largest absolute Gasteiger partial charge is 0.466 e. The van der Waals surface area contributed by atoms with Crippen LogP contribution in [0.15, 0.2) is 53.1 Å². The second-order valence-electron chi connectivity index (χ2n) is 6.15. The van der Waals surface area contributed by atoms with E-state index < -0.39 is 0 Å². The Kier molecular flexibility index (Phi) is 5.07. The summed E-state index contributed by atoms with van der Waals surface area (Å²) in [6.07, 6.45) is 0. The molecule has 5 nitrogen and oxygen atoms in total. The zero-order chi connectivity index (χ0) is 18.7. The zero-order valence-corrected chi connectivity index (χ0v) is 15.2. The van der Waals surface area contributed by atoms with Gasteiger partial charge < -0.3 is 15.0 Å². The van der Waals surface area contributed by atoms with Crippen LogP contribution in [0.2, 0.25) is 0 Å². The first-order valence-electron chi connectivity index (χ1n) is 8.61. The van der Waals surface area contributed by atoms with E-state index in [1.54, 1.807) is 0 Å². The minimum atomic E-state index is -0.299. The second kappa shape index (κ2) is 7.44. The molecule has 1 aromatic heterocycles. The third-order valence-electron chi connectivity index (χ3n) is 4.44. The first kappa shape index (κ1) is 17.7. The topological polar surface area (TPSA) is 78.3 Å². The number of nitrogens with zero attached hydrogens (tertiary/aromatic N) is 1. The minimum absolute atomic E-state index is 0.217. The third kappa shape index (κ3) is 3.33. The van der Waals surface area contributed by atoms with Crippen LogP contribution >= 0.6 is 0 Å². The molecule has 0 aliphatic heterocycles. The van der Waals surface area contributed by atoms with E-state index in [2.05, 4.69) is 5.16 Å². The fraction of sp³-hybridized carbons (Fsp3) is 0.238. The molecule has 3 aromatic rings. The maximum Gasteiger partial charge on any atom is 0.313 e. The molecule has 1 unspecified atom stereocenters. The summed E-state index contributed by atoms with van der Waals surface area (Å²) in [5.74, 6) is 0.0550. The van der Waals surface area contributed by atoms with Crippen molar-refractivity contribution in [2.75, 3.05) is 12.3 Å². The van der Waals surface area contributed by atoms with Crippen molar-refractivity contribution in [2.45, 2.75) is 26.7 Å². The van der Waals surface area contributed by atoms with Crippen molar-refractivity contribution in [2.24, 2.45) is 0 Å². The maximum atomic E-state index is 11.9. The molecule has 0 bridgehead atoms. The van der Waals surface area contributed by atoms with Crippen molar-refractivity contribution >= 4 is 11.7 Å². The number of carbonyl (C=O) groups is 1. The number of hydrogen-bond acceptors (Lipinski definition) is 5. The Morgan fingerprint density at radius 1 is 1.15 bits per heavy atom. The molecule has 0 saturated carbocycles. The Morgan fingerprint density at radius 2 is 1.81 bits per heavy atom. The van der Waals surface area contributed by atoms with Crippen molar-refractivity contribution in [1.29, 1.82) is 0 Å². The van der Waals surface area contributed by atoms with Gasteiger partial charge in [0.2, 0.25) is 0 Å². The highest BCUT2D eigenvalue weighted by Crippen LogP contribution is 2.36. The molecule has 0 amide bonds. The van der Waals surface area contributed by atoms with Gasteiger partial charge in [0.1, 0.15) is 11.4 Å². The summed E-state index contributed by atoms with van der Waals surface area (Å²) in [6.45, 7) is 5.85. The van der Waals surface area contributed by atoms with E-state index in [0.29, 0.717) is 23.7 Å². The fourth-order valence-electron chi connectivity index (χ4n) is 2.86. The van der Waals surface area contributed by atoms with Gasteiger partial charge in [0.05, 0.1) is 12.5 Å². The van der Waals surface area contributed by atoms with Crippen LogP contribution in [0, 0.1) is 6.92 Å². The Balaban J connectivity index is 1.96. The molecule has 0 radical (unpaired) electrons. The second-order valence-corrected chi connectivity index (χ2v) is 6.15. The lowest BCUT2D eigenvalue weighted by Gasteiger charge is -2.12. The zero-order valence-electron chi connectivity index (χ0n) is 15.2. The summed E-state index contributed by atoms with van der Waals surface area (Å²) in [6, 6.07) is 15.7. The van der Waals surface area contributed by atoms with E-state index in [1.807, 2.05) is 69.3 Å². The summed E-state index contributed by atoms with van der Waals surface area (Å²) >= 11 is 0. The van der Waals surface area contributed by atoms with Gasteiger partial charge in [-0.05, 0) is 37.5 Å². The number of aryl methyl sites for hydroxylation is 1. The van der Waals surface area contributed by atoms with Gasteiger partial charge in [0, 0.05) is 5.56 Å². The number of anilines is 1. The molecule has 0 fully saturated rings. The van der Waals surface area contributed by atoms with Crippen molar-refractivity contribution in [1.82, 2.24) is 5.16 Å². The van der Waals surface area contributed by atoms with Gasteiger partial charge in [-0.3, -0.25) is 4.79 Å². The van der Waals surface area contributed by atoms with Crippen LogP contribution in [0.5, 0.6) is 0 Å². The smallest absolute Gasteiger partial charge is 0.313 e. The number of esters is 1. The van der Waals surface area contributed by atoms with Crippen LogP contribution < -0.4 is 5.73 Å². The highest BCUT2D eigenvalue weighted by Gasteiger charge is 2.18. The molecule has 2 N–H and O–H groups in total. The highest BCUT2D eigenvalue weighted by atomic mass is 16.5. The van der Waals surface area contributed by atoms with Crippen LogP contribution in [-0.4, -0.2) is 17.7 Å². The Bertz CT molecular complexity index is 913. The summed E-state index contributed by atoms with van der Waals surface area (Å²) in [5, 5.41) is 3.95. The van der Waals surface area contributed by atoms with E-state index in [0.717, 1.165) is 22.3 Å². The number of benzene rings is 2. The van der Waals surface area contributed by atoms with Crippen LogP contribution in [0.3, 0.4) is 0 Å². The molecular weight excluding hydrogens is 328 g/mol. The number of carbonyl (C=O) groups excluding carboxylic acids is 1. The summed E-state index contributed by atoms with van der Waals surface area (Å²) in [5.41, 5.74) is 11.1. The normalized spacial score (nSPS) is 12.0. The predicted molar refractivity (Wildman–Crippen MR) is 102 cm³/mol.